The lowest BCUT2D eigenvalue weighted by Crippen LogP contribution is -2.25. The number of nitrogens with one attached hydrogen (secondary N) is 2. The zero-order chi connectivity index (χ0) is 22.9. The molecule has 170 valence electrons. The molecule has 0 saturated carbocycles. The van der Waals surface area contributed by atoms with Gasteiger partial charge in [0.2, 0.25) is 5.91 Å². The van der Waals surface area contributed by atoms with Crippen LogP contribution >= 0.6 is 0 Å². The Balaban J connectivity index is 1.51. The van der Waals surface area contributed by atoms with Crippen LogP contribution in [0.1, 0.15) is 42.1 Å². The van der Waals surface area contributed by atoms with Crippen LogP contribution in [0.15, 0.2) is 65.2 Å². The molecular formula is C25H29N7O. The number of carbonyl (C=O) groups is 1. The molecule has 0 saturated heterocycles. The molecule has 0 spiro atoms. The molecule has 3 heterocycles. The second-order valence-electron chi connectivity index (χ2n) is 8.84. The highest BCUT2D eigenvalue weighted by Crippen LogP contribution is 2.42. The van der Waals surface area contributed by atoms with E-state index in [1.165, 1.54) is 11.1 Å². The van der Waals surface area contributed by atoms with Gasteiger partial charge in [-0.2, -0.15) is 10.2 Å². The molecule has 8 heteroatoms. The fourth-order valence-electron chi connectivity index (χ4n) is 4.83. The van der Waals surface area contributed by atoms with Gasteiger partial charge in [-0.25, -0.2) is 0 Å². The second kappa shape index (κ2) is 8.69. The first-order valence-corrected chi connectivity index (χ1v) is 11.4. The summed E-state index contributed by atoms with van der Waals surface area (Å²) in [4.78, 5) is 11.8. The monoisotopic (exact) mass is 443 g/mol. The molecule has 3 atom stereocenters. The Labute approximate surface area is 193 Å². The Morgan fingerprint density at radius 3 is 2.82 bits per heavy atom. The van der Waals surface area contributed by atoms with Crippen LogP contribution in [0.2, 0.25) is 0 Å². The van der Waals surface area contributed by atoms with Gasteiger partial charge in [0, 0.05) is 38.1 Å². The molecule has 1 amide bonds. The molecule has 2 N–H and O–H groups in total. The minimum absolute atomic E-state index is 0.00745. The second-order valence-corrected chi connectivity index (χ2v) is 8.84. The van der Waals surface area contributed by atoms with Gasteiger partial charge in [-0.3, -0.25) is 14.5 Å². The van der Waals surface area contributed by atoms with E-state index in [9.17, 15) is 4.79 Å². The van der Waals surface area contributed by atoms with Crippen LogP contribution < -0.4 is 10.6 Å². The molecule has 2 aliphatic heterocycles. The molecule has 2 aliphatic rings. The van der Waals surface area contributed by atoms with Crippen molar-refractivity contribution < 1.29 is 4.79 Å². The summed E-state index contributed by atoms with van der Waals surface area (Å²) in [6.07, 6.45) is 5.20. The van der Waals surface area contributed by atoms with Crippen LogP contribution in [0.25, 0.3) is 11.1 Å². The van der Waals surface area contributed by atoms with Crippen molar-refractivity contribution in [2.24, 2.45) is 17.4 Å². The Bertz CT molecular complexity index is 1200. The van der Waals surface area contributed by atoms with Gasteiger partial charge in [-0.05, 0) is 53.8 Å². The molecule has 0 bridgehead atoms. The van der Waals surface area contributed by atoms with Gasteiger partial charge in [-0.1, -0.05) is 29.5 Å². The molecule has 0 aliphatic carbocycles. The van der Waals surface area contributed by atoms with E-state index in [1.807, 2.05) is 36.3 Å². The molecule has 0 fully saturated rings. The third-order valence-electron chi connectivity index (χ3n) is 6.50. The Morgan fingerprint density at radius 2 is 2.03 bits per heavy atom. The third-order valence-corrected chi connectivity index (χ3v) is 6.50. The van der Waals surface area contributed by atoms with Crippen LogP contribution in [0.4, 0.5) is 5.69 Å². The summed E-state index contributed by atoms with van der Waals surface area (Å²) in [5, 5.41) is 21.8. The van der Waals surface area contributed by atoms with Crippen molar-refractivity contribution in [1.29, 1.82) is 0 Å². The number of amides is 1. The standard InChI is InChI=1S/C25H29N7O/c1-16-25-21-8-7-18(19-14-27-31(3)15-19)13-22(21)23(9-10-32(25)30-29-16)28-20-6-4-5-17(11-20)12-24(33)26-2/h4-8,11,13-16,23,25,28H,9-10,12H2,1-3H3,(H,26,33). The molecule has 2 aromatic carbocycles. The van der Waals surface area contributed by atoms with Crippen molar-refractivity contribution in [2.45, 2.75) is 37.9 Å². The number of aryl methyl sites for hydroxylation is 1. The number of anilines is 1. The van der Waals surface area contributed by atoms with Crippen molar-refractivity contribution >= 4 is 11.6 Å². The lowest BCUT2D eigenvalue weighted by molar-refractivity contribution is -0.119. The molecule has 8 nitrogen and oxygen atoms in total. The molecule has 33 heavy (non-hydrogen) atoms. The van der Waals surface area contributed by atoms with Crippen LogP contribution in [-0.2, 0) is 18.3 Å². The van der Waals surface area contributed by atoms with E-state index in [0.29, 0.717) is 6.42 Å². The fraction of sp³-hybridized carbons (Fsp3) is 0.360. The lowest BCUT2D eigenvalue weighted by Gasteiger charge is -2.24. The molecule has 0 radical (unpaired) electrons. The largest absolute Gasteiger partial charge is 0.378 e. The minimum atomic E-state index is 0.00745. The van der Waals surface area contributed by atoms with E-state index in [0.717, 1.165) is 35.3 Å². The maximum Gasteiger partial charge on any atom is 0.224 e. The van der Waals surface area contributed by atoms with E-state index in [4.69, 9.17) is 0 Å². The SMILES string of the molecule is CNC(=O)Cc1cccc(NC2CCN3N=NC(C)C3c3ccc(-c4cnn(C)c4)cc32)c1. The maximum absolute atomic E-state index is 11.8. The number of hydrogen-bond donors (Lipinski definition) is 2. The van der Waals surface area contributed by atoms with Gasteiger partial charge in [0.05, 0.1) is 30.7 Å². The van der Waals surface area contributed by atoms with E-state index in [1.54, 1.807) is 7.05 Å². The van der Waals surface area contributed by atoms with Crippen molar-refractivity contribution in [2.75, 3.05) is 18.9 Å². The zero-order valence-corrected chi connectivity index (χ0v) is 19.2. The maximum atomic E-state index is 11.8. The van der Waals surface area contributed by atoms with Crippen molar-refractivity contribution in [3.63, 3.8) is 0 Å². The average molecular weight is 444 g/mol. The summed E-state index contributed by atoms with van der Waals surface area (Å²) in [5.41, 5.74) is 6.77. The topological polar surface area (TPSA) is 86.9 Å². The van der Waals surface area contributed by atoms with Crippen LogP contribution in [-0.4, -0.2) is 40.3 Å². The van der Waals surface area contributed by atoms with E-state index in [2.05, 4.69) is 68.3 Å². The minimum Gasteiger partial charge on any atom is -0.378 e. The first-order valence-electron chi connectivity index (χ1n) is 11.4. The summed E-state index contributed by atoms with van der Waals surface area (Å²) < 4.78 is 1.83. The van der Waals surface area contributed by atoms with Crippen LogP contribution in [0.5, 0.6) is 0 Å². The van der Waals surface area contributed by atoms with Gasteiger partial charge in [0.1, 0.15) is 0 Å². The van der Waals surface area contributed by atoms with Gasteiger partial charge >= 0.3 is 0 Å². The Morgan fingerprint density at radius 1 is 1.15 bits per heavy atom. The molecule has 5 rings (SSSR count). The summed E-state index contributed by atoms with van der Waals surface area (Å²) in [6, 6.07) is 15.2. The van der Waals surface area contributed by atoms with E-state index >= 15 is 0 Å². The molecule has 3 unspecified atom stereocenters. The first kappa shape index (κ1) is 21.2. The zero-order valence-electron chi connectivity index (χ0n) is 19.2. The number of carbonyl (C=O) groups excluding carboxylic acids is 1. The highest BCUT2D eigenvalue weighted by atomic mass is 16.1. The van der Waals surface area contributed by atoms with Crippen LogP contribution in [0.3, 0.4) is 0 Å². The summed E-state index contributed by atoms with van der Waals surface area (Å²) in [6.45, 7) is 2.95. The molecule has 3 aromatic rings. The normalized spacial score (nSPS) is 21.3. The number of fused-ring (bicyclic) bond motifs is 3. The number of rotatable bonds is 5. The summed E-state index contributed by atoms with van der Waals surface area (Å²) in [5.74, 6) is 0.00745. The fourth-order valence-corrected chi connectivity index (χ4v) is 4.83. The average Bonchev–Trinajstić information content (AvgIpc) is 3.37. The van der Waals surface area contributed by atoms with Crippen molar-refractivity contribution in [3.05, 3.63) is 71.5 Å². The molecular weight excluding hydrogens is 414 g/mol. The lowest BCUT2D eigenvalue weighted by atomic mass is 9.90. The number of hydrogen-bond acceptors (Lipinski definition) is 6. The highest BCUT2D eigenvalue weighted by Gasteiger charge is 2.37. The summed E-state index contributed by atoms with van der Waals surface area (Å²) >= 11 is 0. The van der Waals surface area contributed by atoms with Crippen molar-refractivity contribution in [3.8, 4) is 11.1 Å². The predicted octanol–water partition coefficient (Wildman–Crippen LogP) is 4.04. The number of likely N-dealkylation sites (N-methyl/N-ethyl adjacent to an activating group) is 1. The van der Waals surface area contributed by atoms with Crippen LogP contribution in [0, 0.1) is 0 Å². The van der Waals surface area contributed by atoms with Gasteiger partial charge in [-0.15, -0.1) is 0 Å². The van der Waals surface area contributed by atoms with Gasteiger partial charge in [0.15, 0.2) is 0 Å². The third kappa shape index (κ3) is 4.20. The Hall–Kier alpha value is -3.68. The number of benzene rings is 2. The Kier molecular flexibility index (Phi) is 5.58. The molecule has 1 aromatic heterocycles. The first-order chi connectivity index (χ1) is 16.0. The smallest absolute Gasteiger partial charge is 0.224 e. The number of nitrogens with zero attached hydrogens (tertiary/aromatic N) is 5. The van der Waals surface area contributed by atoms with E-state index < -0.39 is 0 Å². The number of aromatic nitrogens is 2. The summed E-state index contributed by atoms with van der Waals surface area (Å²) in [7, 11) is 3.60. The van der Waals surface area contributed by atoms with Gasteiger partial charge in [0.25, 0.3) is 0 Å². The van der Waals surface area contributed by atoms with E-state index in [-0.39, 0.29) is 24.0 Å². The quantitative estimate of drug-likeness (QED) is 0.623. The predicted molar refractivity (Wildman–Crippen MR) is 128 cm³/mol. The van der Waals surface area contributed by atoms with Gasteiger partial charge < -0.3 is 10.6 Å². The highest BCUT2D eigenvalue weighted by molar-refractivity contribution is 5.78. The van der Waals surface area contributed by atoms with Crippen molar-refractivity contribution in [1.82, 2.24) is 20.1 Å².